The summed E-state index contributed by atoms with van der Waals surface area (Å²) in [6, 6.07) is 8.23. The predicted molar refractivity (Wildman–Crippen MR) is 184 cm³/mol. The van der Waals surface area contributed by atoms with Gasteiger partial charge in [0.25, 0.3) is 0 Å². The maximum absolute atomic E-state index is 13.0. The van der Waals surface area contributed by atoms with Crippen LogP contribution in [0.2, 0.25) is 0 Å². The van der Waals surface area contributed by atoms with Crippen LogP contribution >= 0.6 is 11.8 Å². The fourth-order valence-electron chi connectivity index (χ4n) is 5.01. The molecule has 15 heteroatoms. The summed E-state index contributed by atoms with van der Waals surface area (Å²) in [5.74, 6) is -2.07. The molecule has 14 nitrogen and oxygen atoms in total. The Morgan fingerprint density at radius 3 is 2.06 bits per heavy atom. The van der Waals surface area contributed by atoms with E-state index in [1.165, 1.54) is 32.5 Å². The Hall–Kier alpha value is -3.85. The van der Waals surface area contributed by atoms with Gasteiger partial charge in [-0.15, -0.1) is 11.8 Å². The van der Waals surface area contributed by atoms with Gasteiger partial charge in [0.2, 0.25) is 5.91 Å². The Morgan fingerprint density at radius 2 is 1.44 bits per heavy atom. The van der Waals surface area contributed by atoms with Gasteiger partial charge in [0.1, 0.15) is 23.7 Å². The maximum Gasteiger partial charge on any atom is 0.408 e. The molecule has 1 aromatic carbocycles. The highest BCUT2D eigenvalue weighted by Crippen LogP contribution is 2.34. The number of hydrogen-bond donors (Lipinski definition) is 2. The van der Waals surface area contributed by atoms with Gasteiger partial charge in [-0.2, -0.15) is 0 Å². The largest absolute Gasteiger partial charge is 0.461 e. The van der Waals surface area contributed by atoms with E-state index in [9.17, 15) is 28.8 Å². The molecule has 1 aromatic rings. The standard InChI is InChI=1S/C35H52N2O12S/c1-22-29(46-23(2)38)30(47-24(3)39)31(48-25(4)40)33(45-22)50-20-14-9-8-13-19-36-32(42)27(37-34(43)49-35(5,6)7)17-18-28(41)44-21-26-15-11-10-12-16-26/h10-12,15-16,22,27,29-31,33H,8-9,13-14,17-21H2,1-7H3,(H,36,42)(H,37,43)/t22-,27-,29+,30+,31-,33+/m0/s1. The molecule has 1 heterocycles. The summed E-state index contributed by atoms with van der Waals surface area (Å²) in [6.45, 7) is 11.0. The molecule has 1 aliphatic heterocycles. The lowest BCUT2D eigenvalue weighted by molar-refractivity contribution is -0.229. The number of alkyl carbamates (subject to hydrolysis) is 1. The summed E-state index contributed by atoms with van der Waals surface area (Å²) >= 11 is 1.40. The van der Waals surface area contributed by atoms with Crippen molar-refractivity contribution in [1.29, 1.82) is 0 Å². The van der Waals surface area contributed by atoms with Crippen molar-refractivity contribution < 1.29 is 57.2 Å². The average molecular weight is 725 g/mol. The molecule has 2 N–H and O–H groups in total. The molecule has 0 saturated carbocycles. The van der Waals surface area contributed by atoms with E-state index in [0.29, 0.717) is 18.7 Å². The third-order valence-corrected chi connectivity index (χ3v) is 8.41. The predicted octanol–water partition coefficient (Wildman–Crippen LogP) is 4.35. The van der Waals surface area contributed by atoms with E-state index in [2.05, 4.69) is 10.6 Å². The SMILES string of the molecule is CC(=O)O[C@@H]1[C@H](OC(C)=O)[C@H](C)O[C@H](SCCCCCCNC(=O)[C@H](CCC(=O)OCc2ccccc2)NC(=O)OC(C)(C)C)[C@H]1OC(C)=O. The first kappa shape index (κ1) is 42.3. The van der Waals surface area contributed by atoms with Gasteiger partial charge in [-0.05, 0) is 58.3 Å². The van der Waals surface area contributed by atoms with Crippen LogP contribution in [-0.4, -0.2) is 89.7 Å². The van der Waals surface area contributed by atoms with Gasteiger partial charge < -0.3 is 39.1 Å². The molecular formula is C35H52N2O12S. The third kappa shape index (κ3) is 16.7. The second kappa shape index (κ2) is 21.4. The Balaban J connectivity index is 1.83. The van der Waals surface area contributed by atoms with E-state index in [1.807, 2.05) is 30.3 Å². The van der Waals surface area contributed by atoms with E-state index < -0.39 is 77.4 Å². The van der Waals surface area contributed by atoms with Crippen molar-refractivity contribution in [1.82, 2.24) is 10.6 Å². The molecule has 1 aliphatic rings. The Labute approximate surface area is 298 Å². The Kier molecular flexibility index (Phi) is 18.1. The quantitative estimate of drug-likeness (QED) is 0.124. The normalized spacial score (nSPS) is 20.8. The third-order valence-electron chi connectivity index (χ3n) is 7.17. The number of benzene rings is 1. The second-order valence-electron chi connectivity index (χ2n) is 12.9. The summed E-state index contributed by atoms with van der Waals surface area (Å²) in [6.07, 6.45) is -1.33. The highest BCUT2D eigenvalue weighted by Gasteiger charge is 2.50. The Morgan fingerprint density at radius 1 is 0.840 bits per heavy atom. The zero-order chi connectivity index (χ0) is 37.3. The van der Waals surface area contributed by atoms with Crippen LogP contribution in [0.3, 0.4) is 0 Å². The van der Waals surface area contributed by atoms with Gasteiger partial charge in [0.05, 0.1) is 6.10 Å². The van der Waals surface area contributed by atoms with Crippen LogP contribution in [0.15, 0.2) is 30.3 Å². The van der Waals surface area contributed by atoms with E-state index in [0.717, 1.165) is 24.8 Å². The van der Waals surface area contributed by atoms with Crippen LogP contribution in [0.25, 0.3) is 0 Å². The van der Waals surface area contributed by atoms with Gasteiger partial charge >= 0.3 is 30.0 Å². The van der Waals surface area contributed by atoms with Gasteiger partial charge in [-0.1, -0.05) is 43.2 Å². The number of carbonyl (C=O) groups excluding carboxylic acids is 6. The first-order valence-electron chi connectivity index (χ1n) is 16.8. The van der Waals surface area contributed by atoms with Crippen molar-refractivity contribution in [2.45, 2.75) is 135 Å². The molecular weight excluding hydrogens is 672 g/mol. The maximum atomic E-state index is 13.0. The van der Waals surface area contributed by atoms with Gasteiger partial charge in [0, 0.05) is 33.7 Å². The van der Waals surface area contributed by atoms with Crippen molar-refractivity contribution in [3.05, 3.63) is 35.9 Å². The number of rotatable bonds is 18. The minimum atomic E-state index is -1.03. The molecule has 0 radical (unpaired) electrons. The summed E-state index contributed by atoms with van der Waals surface area (Å²) in [5.41, 5.74) is -0.586. The minimum absolute atomic E-state index is 0.0338. The molecule has 0 unspecified atom stereocenters. The average Bonchev–Trinajstić information content (AvgIpc) is 3.01. The molecule has 2 amide bonds. The van der Waals surface area contributed by atoms with E-state index in [-0.39, 0.29) is 19.4 Å². The monoisotopic (exact) mass is 724 g/mol. The van der Waals surface area contributed by atoms with Crippen LogP contribution in [0.5, 0.6) is 0 Å². The summed E-state index contributed by atoms with van der Waals surface area (Å²) in [5, 5.41) is 5.40. The summed E-state index contributed by atoms with van der Waals surface area (Å²) < 4.78 is 33.0. The molecule has 1 saturated heterocycles. The topological polar surface area (TPSA) is 182 Å². The van der Waals surface area contributed by atoms with Crippen molar-refractivity contribution >= 4 is 47.6 Å². The molecule has 280 valence electrons. The van der Waals surface area contributed by atoms with Crippen LogP contribution < -0.4 is 10.6 Å². The van der Waals surface area contributed by atoms with Crippen molar-refractivity contribution in [3.8, 4) is 0 Å². The smallest absolute Gasteiger partial charge is 0.408 e. The lowest BCUT2D eigenvalue weighted by Crippen LogP contribution is -2.59. The summed E-state index contributed by atoms with van der Waals surface area (Å²) in [4.78, 5) is 73.3. The van der Waals surface area contributed by atoms with Crippen LogP contribution in [0, 0.1) is 0 Å². The fourth-order valence-corrected chi connectivity index (χ4v) is 6.27. The molecule has 1 fully saturated rings. The summed E-state index contributed by atoms with van der Waals surface area (Å²) in [7, 11) is 0. The highest BCUT2D eigenvalue weighted by atomic mass is 32.2. The number of carbonyl (C=O) groups is 6. The van der Waals surface area contributed by atoms with Gasteiger partial charge in [-0.25, -0.2) is 4.79 Å². The zero-order valence-electron chi connectivity index (χ0n) is 30.0. The first-order valence-corrected chi connectivity index (χ1v) is 17.9. The van der Waals surface area contributed by atoms with Crippen LogP contribution in [0.4, 0.5) is 4.79 Å². The van der Waals surface area contributed by atoms with Gasteiger partial charge in [0.15, 0.2) is 18.3 Å². The number of ether oxygens (including phenoxy) is 6. The highest BCUT2D eigenvalue weighted by molar-refractivity contribution is 7.99. The van der Waals surface area contributed by atoms with E-state index in [1.54, 1.807) is 27.7 Å². The van der Waals surface area contributed by atoms with Crippen molar-refractivity contribution in [2.24, 2.45) is 0 Å². The van der Waals surface area contributed by atoms with Crippen molar-refractivity contribution in [2.75, 3.05) is 12.3 Å². The molecule has 0 aliphatic carbocycles. The fraction of sp³-hybridized carbons (Fsp3) is 0.657. The van der Waals surface area contributed by atoms with Gasteiger partial charge in [-0.3, -0.25) is 24.0 Å². The Bertz CT molecular complexity index is 1270. The molecule has 2 rings (SSSR count). The number of amides is 2. The second-order valence-corrected chi connectivity index (χ2v) is 14.1. The molecule has 50 heavy (non-hydrogen) atoms. The first-order chi connectivity index (χ1) is 23.6. The molecule has 6 atom stereocenters. The molecule has 0 spiro atoms. The molecule has 0 bridgehead atoms. The van der Waals surface area contributed by atoms with E-state index >= 15 is 0 Å². The lowest BCUT2D eigenvalue weighted by atomic mass is 10.00. The van der Waals surface area contributed by atoms with Crippen LogP contribution in [-0.2, 0) is 59.0 Å². The number of esters is 4. The zero-order valence-corrected chi connectivity index (χ0v) is 30.8. The number of thioether (sulfide) groups is 1. The number of unbranched alkanes of at least 4 members (excludes halogenated alkanes) is 3. The van der Waals surface area contributed by atoms with E-state index in [4.69, 9.17) is 28.4 Å². The number of hydrogen-bond acceptors (Lipinski definition) is 13. The number of nitrogens with one attached hydrogen (secondary N) is 2. The molecule has 0 aromatic heterocycles. The minimum Gasteiger partial charge on any atom is -0.461 e. The lowest BCUT2D eigenvalue weighted by Gasteiger charge is -2.43. The van der Waals surface area contributed by atoms with Crippen molar-refractivity contribution in [3.63, 3.8) is 0 Å². The van der Waals surface area contributed by atoms with Crippen LogP contribution in [0.1, 0.15) is 92.6 Å².